The fourth-order valence-electron chi connectivity index (χ4n) is 1.51. The van der Waals surface area contributed by atoms with Crippen molar-refractivity contribution in [3.8, 4) is 5.75 Å². The van der Waals surface area contributed by atoms with Gasteiger partial charge in [0, 0.05) is 5.02 Å². The van der Waals surface area contributed by atoms with Gasteiger partial charge < -0.3 is 10.1 Å². The van der Waals surface area contributed by atoms with Crippen LogP contribution in [0.15, 0.2) is 36.4 Å². The van der Waals surface area contributed by atoms with Gasteiger partial charge in [-0.2, -0.15) is 0 Å². The van der Waals surface area contributed by atoms with E-state index in [1.165, 1.54) is 12.1 Å². The molecule has 2 aromatic rings. The summed E-state index contributed by atoms with van der Waals surface area (Å²) >= 11 is 23.5. The molecule has 0 aliphatic heterocycles. The third-order valence-corrected chi connectivity index (χ3v) is 3.72. The summed E-state index contributed by atoms with van der Waals surface area (Å²) in [6.07, 6.45) is 0. The van der Waals surface area contributed by atoms with E-state index in [0.717, 1.165) is 0 Å². The second-order valence-electron chi connectivity index (χ2n) is 4.04. The molecule has 0 aromatic heterocycles. The molecule has 0 heterocycles. The van der Waals surface area contributed by atoms with Crippen molar-refractivity contribution in [1.29, 1.82) is 0 Å². The van der Waals surface area contributed by atoms with Crippen LogP contribution >= 0.6 is 46.4 Å². The molecule has 21 heavy (non-hydrogen) atoms. The van der Waals surface area contributed by atoms with Crippen LogP contribution in [-0.2, 0) is 4.79 Å². The Bertz CT molecular complexity index is 676. The molecule has 0 atom stereocenters. The van der Waals surface area contributed by atoms with Gasteiger partial charge in [-0.25, -0.2) is 0 Å². The number of hydrogen-bond donors (Lipinski definition) is 1. The molecule has 1 N–H and O–H groups in total. The zero-order valence-corrected chi connectivity index (χ0v) is 13.5. The summed E-state index contributed by atoms with van der Waals surface area (Å²) in [5.41, 5.74) is 0.366. The predicted molar refractivity (Wildman–Crippen MR) is 87.0 cm³/mol. The van der Waals surface area contributed by atoms with Gasteiger partial charge in [0.15, 0.2) is 6.61 Å². The lowest BCUT2D eigenvalue weighted by Gasteiger charge is -2.10. The van der Waals surface area contributed by atoms with E-state index >= 15 is 0 Å². The van der Waals surface area contributed by atoms with Gasteiger partial charge in [-0.15, -0.1) is 0 Å². The van der Waals surface area contributed by atoms with Gasteiger partial charge in [0.25, 0.3) is 5.91 Å². The number of anilines is 1. The third-order valence-electron chi connectivity index (χ3n) is 2.45. The van der Waals surface area contributed by atoms with E-state index in [0.29, 0.717) is 31.5 Å². The molecule has 3 nitrogen and oxygen atoms in total. The minimum absolute atomic E-state index is 0.184. The number of amides is 1. The molecule has 1 amide bonds. The molecule has 0 aliphatic carbocycles. The first-order valence-electron chi connectivity index (χ1n) is 5.78. The molecule has 0 saturated carbocycles. The summed E-state index contributed by atoms with van der Waals surface area (Å²) in [5.74, 6) is 0.119. The van der Waals surface area contributed by atoms with Crippen LogP contribution in [0.25, 0.3) is 0 Å². The monoisotopic (exact) mass is 363 g/mol. The number of carbonyl (C=O) groups is 1. The van der Waals surface area contributed by atoms with Crippen LogP contribution in [0.4, 0.5) is 5.69 Å². The van der Waals surface area contributed by atoms with Crippen molar-refractivity contribution < 1.29 is 9.53 Å². The number of nitrogens with one attached hydrogen (secondary N) is 1. The molecular formula is C14H9Cl4NO2. The van der Waals surface area contributed by atoms with Crippen molar-refractivity contribution in [1.82, 2.24) is 0 Å². The highest BCUT2D eigenvalue weighted by atomic mass is 35.5. The van der Waals surface area contributed by atoms with Gasteiger partial charge >= 0.3 is 0 Å². The molecule has 0 spiro atoms. The first-order chi connectivity index (χ1) is 9.95. The molecule has 2 rings (SSSR count). The number of halogens is 4. The molecule has 2 aromatic carbocycles. The van der Waals surface area contributed by atoms with Crippen LogP contribution < -0.4 is 10.1 Å². The van der Waals surface area contributed by atoms with Gasteiger partial charge in [-0.1, -0.05) is 52.5 Å². The summed E-state index contributed by atoms with van der Waals surface area (Å²) in [6.45, 7) is -0.184. The molecule has 0 aliphatic rings. The van der Waals surface area contributed by atoms with Crippen LogP contribution in [0.1, 0.15) is 0 Å². The maximum Gasteiger partial charge on any atom is 0.262 e. The topological polar surface area (TPSA) is 38.3 Å². The Morgan fingerprint density at radius 3 is 2.43 bits per heavy atom. The van der Waals surface area contributed by atoms with Crippen LogP contribution in [-0.4, -0.2) is 12.5 Å². The van der Waals surface area contributed by atoms with Crippen LogP contribution in [0.2, 0.25) is 20.1 Å². The number of hydrogen-bond acceptors (Lipinski definition) is 2. The van der Waals surface area contributed by atoms with Crippen molar-refractivity contribution in [2.45, 2.75) is 0 Å². The second kappa shape index (κ2) is 7.23. The lowest BCUT2D eigenvalue weighted by molar-refractivity contribution is -0.118. The van der Waals surface area contributed by atoms with Crippen molar-refractivity contribution in [2.75, 3.05) is 11.9 Å². The number of rotatable bonds is 4. The van der Waals surface area contributed by atoms with E-state index < -0.39 is 0 Å². The molecule has 0 bridgehead atoms. The van der Waals surface area contributed by atoms with Crippen molar-refractivity contribution in [3.63, 3.8) is 0 Å². The average Bonchev–Trinajstić information content (AvgIpc) is 2.43. The fraction of sp³-hybridized carbons (Fsp3) is 0.0714. The number of carbonyl (C=O) groups excluding carboxylic acids is 1. The van der Waals surface area contributed by atoms with Gasteiger partial charge in [0.2, 0.25) is 0 Å². The van der Waals surface area contributed by atoms with Crippen molar-refractivity contribution >= 4 is 58.0 Å². The highest BCUT2D eigenvalue weighted by Gasteiger charge is 2.10. The van der Waals surface area contributed by atoms with E-state index in [-0.39, 0.29) is 12.5 Å². The normalized spacial score (nSPS) is 10.3. The molecule has 0 unspecified atom stereocenters. The van der Waals surface area contributed by atoms with Gasteiger partial charge in [-0.05, 0) is 30.3 Å². The molecule has 0 fully saturated rings. The minimum Gasteiger partial charge on any atom is -0.484 e. The fourth-order valence-corrected chi connectivity index (χ4v) is 2.28. The quantitative estimate of drug-likeness (QED) is 0.745. The highest BCUT2D eigenvalue weighted by Crippen LogP contribution is 2.32. The second-order valence-corrected chi connectivity index (χ2v) is 5.70. The maximum absolute atomic E-state index is 11.8. The average molecular weight is 365 g/mol. The van der Waals surface area contributed by atoms with Gasteiger partial charge in [-0.3, -0.25) is 4.79 Å². The zero-order valence-electron chi connectivity index (χ0n) is 10.5. The molecule has 7 heteroatoms. The first-order valence-corrected chi connectivity index (χ1v) is 7.29. The van der Waals surface area contributed by atoms with E-state index in [9.17, 15) is 4.79 Å². The number of ether oxygens (including phenoxy) is 1. The third kappa shape index (κ3) is 4.68. The SMILES string of the molecule is O=C(COc1cccc(Cl)c1)Nc1cc(Cl)c(Cl)cc1Cl. The Morgan fingerprint density at radius 2 is 1.71 bits per heavy atom. The maximum atomic E-state index is 11.8. The van der Waals surface area contributed by atoms with E-state index in [1.807, 2.05) is 0 Å². The van der Waals surface area contributed by atoms with Crippen LogP contribution in [0.5, 0.6) is 5.75 Å². The number of benzene rings is 2. The smallest absolute Gasteiger partial charge is 0.262 e. The molecule has 0 saturated heterocycles. The van der Waals surface area contributed by atoms with Crippen molar-refractivity contribution in [2.24, 2.45) is 0 Å². The lowest BCUT2D eigenvalue weighted by atomic mass is 10.3. The summed E-state index contributed by atoms with van der Waals surface area (Å²) < 4.78 is 5.32. The van der Waals surface area contributed by atoms with Crippen LogP contribution in [0.3, 0.4) is 0 Å². The Hall–Kier alpha value is -1.13. The Morgan fingerprint density at radius 1 is 1.00 bits per heavy atom. The zero-order chi connectivity index (χ0) is 15.4. The lowest BCUT2D eigenvalue weighted by Crippen LogP contribution is -2.20. The summed E-state index contributed by atoms with van der Waals surface area (Å²) in [4.78, 5) is 11.8. The Labute approximate surface area is 141 Å². The van der Waals surface area contributed by atoms with E-state index in [4.69, 9.17) is 51.1 Å². The van der Waals surface area contributed by atoms with Gasteiger partial charge in [0.05, 0.1) is 20.8 Å². The molecular weight excluding hydrogens is 356 g/mol. The van der Waals surface area contributed by atoms with Crippen molar-refractivity contribution in [3.05, 3.63) is 56.5 Å². The first kappa shape index (κ1) is 16.2. The molecule has 110 valence electrons. The minimum atomic E-state index is -0.379. The predicted octanol–water partition coefficient (Wildman–Crippen LogP) is 5.32. The Balaban J connectivity index is 1.97. The van der Waals surface area contributed by atoms with E-state index in [1.54, 1.807) is 24.3 Å². The highest BCUT2D eigenvalue weighted by molar-refractivity contribution is 6.44. The standard InChI is InChI=1S/C14H9Cl4NO2/c15-8-2-1-3-9(4-8)21-7-14(20)19-13-6-11(17)10(16)5-12(13)18/h1-6H,7H2,(H,19,20). The Kier molecular flexibility index (Phi) is 5.59. The van der Waals surface area contributed by atoms with Crippen LogP contribution in [0, 0.1) is 0 Å². The van der Waals surface area contributed by atoms with Gasteiger partial charge in [0.1, 0.15) is 5.75 Å². The largest absolute Gasteiger partial charge is 0.484 e. The summed E-state index contributed by atoms with van der Waals surface area (Å²) in [6, 6.07) is 9.68. The molecule has 0 radical (unpaired) electrons. The van der Waals surface area contributed by atoms with E-state index in [2.05, 4.69) is 5.32 Å². The summed E-state index contributed by atoms with van der Waals surface area (Å²) in [5, 5.41) is 4.02. The summed E-state index contributed by atoms with van der Waals surface area (Å²) in [7, 11) is 0.